The topological polar surface area (TPSA) is 70.3 Å². The number of unbranched alkanes of at least 4 members (excludes halogenated alkanes) is 3. The van der Waals surface area contributed by atoms with Gasteiger partial charge in [0, 0.05) is 6.42 Å². The molecule has 0 aliphatic rings. The monoisotopic (exact) mass is 213 g/mol. The summed E-state index contributed by atoms with van der Waals surface area (Å²) in [4.78, 5) is 10.4. The molecule has 0 aliphatic heterocycles. The molecular weight excluding hydrogens is 194 g/mol. The van der Waals surface area contributed by atoms with Crippen molar-refractivity contribution in [3.05, 3.63) is 0 Å². The van der Waals surface area contributed by atoms with Crippen LogP contribution in [0, 0.1) is 11.3 Å². The molecule has 4 nitrogen and oxygen atoms in total. The second kappa shape index (κ2) is 9.32. The second-order valence-electron chi connectivity index (χ2n) is 3.55. The lowest BCUT2D eigenvalue weighted by Gasteiger charge is -2.14. The summed E-state index contributed by atoms with van der Waals surface area (Å²) in [7, 11) is 0. The van der Waals surface area contributed by atoms with E-state index in [1.807, 2.05) is 0 Å². The van der Waals surface area contributed by atoms with E-state index in [9.17, 15) is 4.79 Å². The van der Waals surface area contributed by atoms with Crippen molar-refractivity contribution in [2.24, 2.45) is 0 Å². The molecular formula is C11H19NO3. The van der Waals surface area contributed by atoms with Crippen molar-refractivity contribution in [1.29, 1.82) is 5.26 Å². The molecule has 1 unspecified atom stereocenters. The molecule has 0 aromatic heterocycles. The number of nitrogens with zero attached hydrogens (tertiary/aromatic N) is 1. The van der Waals surface area contributed by atoms with E-state index in [0.717, 1.165) is 38.5 Å². The van der Waals surface area contributed by atoms with Crippen molar-refractivity contribution in [2.45, 2.75) is 58.0 Å². The van der Waals surface area contributed by atoms with Crippen LogP contribution in [0.15, 0.2) is 0 Å². The van der Waals surface area contributed by atoms with Crippen LogP contribution in [0.1, 0.15) is 51.9 Å². The van der Waals surface area contributed by atoms with E-state index in [1.165, 1.54) is 0 Å². The zero-order valence-corrected chi connectivity index (χ0v) is 9.24. The maximum Gasteiger partial charge on any atom is 0.506 e. The first kappa shape index (κ1) is 13.8. The molecule has 0 aromatic rings. The predicted octanol–water partition coefficient (Wildman–Crippen LogP) is 3.32. The highest BCUT2D eigenvalue weighted by atomic mass is 16.7. The molecule has 1 atom stereocenters. The Hall–Kier alpha value is -1.24. The first-order valence-corrected chi connectivity index (χ1v) is 5.47. The molecule has 0 saturated heterocycles. The lowest BCUT2D eigenvalue weighted by molar-refractivity contribution is 0.0426. The van der Waals surface area contributed by atoms with Gasteiger partial charge in [-0.15, -0.1) is 0 Å². The highest BCUT2D eigenvalue weighted by Gasteiger charge is 2.12. The average molecular weight is 213 g/mol. The summed E-state index contributed by atoms with van der Waals surface area (Å²) in [5.41, 5.74) is 0. The summed E-state index contributed by atoms with van der Waals surface area (Å²) in [6.07, 6.45) is 4.36. The summed E-state index contributed by atoms with van der Waals surface area (Å²) < 4.78 is 4.77. The van der Waals surface area contributed by atoms with Crippen LogP contribution in [0.4, 0.5) is 4.79 Å². The van der Waals surface area contributed by atoms with Crippen LogP contribution in [-0.4, -0.2) is 17.4 Å². The van der Waals surface area contributed by atoms with Crippen LogP contribution in [0.3, 0.4) is 0 Å². The lowest BCUT2D eigenvalue weighted by atomic mass is 10.1. The van der Waals surface area contributed by atoms with Crippen molar-refractivity contribution in [2.75, 3.05) is 0 Å². The number of hydrogen-bond acceptors (Lipinski definition) is 3. The standard InChI is InChI=1S/C11H19NO3/c1-2-3-7-10(15-11(13)14)8-5-4-6-9-12/h10H,2-8H2,1H3,(H,13,14). The third-order valence-corrected chi connectivity index (χ3v) is 2.21. The first-order valence-electron chi connectivity index (χ1n) is 5.47. The molecule has 0 radical (unpaired) electrons. The zero-order chi connectivity index (χ0) is 11.5. The predicted molar refractivity (Wildman–Crippen MR) is 56.5 cm³/mol. The molecule has 0 aromatic carbocycles. The second-order valence-corrected chi connectivity index (χ2v) is 3.55. The molecule has 0 bridgehead atoms. The fraction of sp³-hybridized carbons (Fsp3) is 0.818. The largest absolute Gasteiger partial charge is 0.506 e. The van der Waals surface area contributed by atoms with Gasteiger partial charge in [-0.05, 0) is 25.7 Å². The number of nitriles is 1. The highest BCUT2D eigenvalue weighted by Crippen LogP contribution is 2.13. The van der Waals surface area contributed by atoms with Gasteiger partial charge in [-0.25, -0.2) is 4.79 Å². The summed E-state index contributed by atoms with van der Waals surface area (Å²) in [5, 5.41) is 16.9. The molecule has 86 valence electrons. The van der Waals surface area contributed by atoms with Gasteiger partial charge in [0.05, 0.1) is 6.07 Å². The van der Waals surface area contributed by atoms with Crippen molar-refractivity contribution in [3.8, 4) is 6.07 Å². The minimum atomic E-state index is -1.20. The van der Waals surface area contributed by atoms with Crippen LogP contribution in [-0.2, 0) is 4.74 Å². The summed E-state index contributed by atoms with van der Waals surface area (Å²) in [6.45, 7) is 2.06. The molecule has 0 saturated carbocycles. The zero-order valence-electron chi connectivity index (χ0n) is 9.24. The van der Waals surface area contributed by atoms with Crippen molar-refractivity contribution >= 4 is 6.16 Å². The fourth-order valence-electron chi connectivity index (χ4n) is 1.41. The average Bonchev–Trinajstić information content (AvgIpc) is 2.19. The van der Waals surface area contributed by atoms with Crippen LogP contribution < -0.4 is 0 Å². The summed E-state index contributed by atoms with van der Waals surface area (Å²) in [6, 6.07) is 2.07. The smallest absolute Gasteiger partial charge is 0.450 e. The number of ether oxygens (including phenoxy) is 1. The Morgan fingerprint density at radius 2 is 2.07 bits per heavy atom. The van der Waals surface area contributed by atoms with E-state index in [1.54, 1.807) is 0 Å². The maximum atomic E-state index is 10.4. The van der Waals surface area contributed by atoms with Gasteiger partial charge in [0.1, 0.15) is 6.10 Å². The number of rotatable bonds is 8. The minimum absolute atomic E-state index is 0.193. The SMILES string of the molecule is CCCCC(CCCCC#N)OC(=O)O. The number of carboxylic acid groups (broad SMARTS) is 1. The van der Waals surface area contributed by atoms with Crippen molar-refractivity contribution < 1.29 is 14.6 Å². The molecule has 1 N–H and O–H groups in total. The van der Waals surface area contributed by atoms with E-state index in [0.29, 0.717) is 6.42 Å². The molecule has 4 heteroatoms. The molecule has 0 heterocycles. The van der Waals surface area contributed by atoms with E-state index in [-0.39, 0.29) is 6.10 Å². The summed E-state index contributed by atoms with van der Waals surface area (Å²) in [5.74, 6) is 0. The minimum Gasteiger partial charge on any atom is -0.450 e. The number of hydrogen-bond donors (Lipinski definition) is 1. The Labute approximate surface area is 90.9 Å². The van der Waals surface area contributed by atoms with E-state index < -0.39 is 6.16 Å². The summed E-state index contributed by atoms with van der Waals surface area (Å²) >= 11 is 0. The Kier molecular flexibility index (Phi) is 8.55. The van der Waals surface area contributed by atoms with Crippen LogP contribution in [0.25, 0.3) is 0 Å². The van der Waals surface area contributed by atoms with E-state index in [4.69, 9.17) is 15.1 Å². The normalized spacial score (nSPS) is 11.7. The van der Waals surface area contributed by atoms with E-state index in [2.05, 4.69) is 13.0 Å². The van der Waals surface area contributed by atoms with Gasteiger partial charge >= 0.3 is 6.16 Å². The molecule has 0 rings (SSSR count). The first-order chi connectivity index (χ1) is 7.20. The van der Waals surface area contributed by atoms with Gasteiger partial charge < -0.3 is 9.84 Å². The molecule has 15 heavy (non-hydrogen) atoms. The van der Waals surface area contributed by atoms with E-state index >= 15 is 0 Å². The Balaban J connectivity index is 3.69. The van der Waals surface area contributed by atoms with Gasteiger partial charge in [0.25, 0.3) is 0 Å². The maximum absolute atomic E-state index is 10.4. The van der Waals surface area contributed by atoms with Crippen molar-refractivity contribution in [3.63, 3.8) is 0 Å². The Bertz CT molecular complexity index is 210. The molecule has 0 spiro atoms. The van der Waals surface area contributed by atoms with Gasteiger partial charge in [-0.2, -0.15) is 5.26 Å². The lowest BCUT2D eigenvalue weighted by Crippen LogP contribution is -2.16. The fourth-order valence-corrected chi connectivity index (χ4v) is 1.41. The quantitative estimate of drug-likeness (QED) is 0.496. The van der Waals surface area contributed by atoms with Gasteiger partial charge in [-0.1, -0.05) is 19.8 Å². The highest BCUT2D eigenvalue weighted by molar-refractivity contribution is 5.57. The van der Waals surface area contributed by atoms with Gasteiger partial charge in [-0.3, -0.25) is 0 Å². The van der Waals surface area contributed by atoms with Crippen molar-refractivity contribution in [1.82, 2.24) is 0 Å². The molecule has 0 aliphatic carbocycles. The third-order valence-electron chi connectivity index (χ3n) is 2.21. The number of carbonyl (C=O) groups is 1. The van der Waals surface area contributed by atoms with Crippen LogP contribution in [0.2, 0.25) is 0 Å². The Morgan fingerprint density at radius 1 is 1.40 bits per heavy atom. The molecule has 0 fully saturated rings. The third kappa shape index (κ3) is 9.07. The van der Waals surface area contributed by atoms with Crippen LogP contribution in [0.5, 0.6) is 0 Å². The molecule has 0 amide bonds. The van der Waals surface area contributed by atoms with Crippen LogP contribution >= 0.6 is 0 Å². The van der Waals surface area contributed by atoms with Gasteiger partial charge in [0.2, 0.25) is 0 Å². The Morgan fingerprint density at radius 3 is 2.60 bits per heavy atom. The van der Waals surface area contributed by atoms with Gasteiger partial charge in [0.15, 0.2) is 0 Å².